The van der Waals surface area contributed by atoms with Crippen molar-refractivity contribution < 1.29 is 9.90 Å². The van der Waals surface area contributed by atoms with Crippen LogP contribution in [-0.4, -0.2) is 60.1 Å². The smallest absolute Gasteiger partial charge is 0.331 e. The molecule has 1 rings (SSSR count). The summed E-state index contributed by atoms with van der Waals surface area (Å²) in [4.78, 5) is 15.6. The zero-order chi connectivity index (χ0) is 12.8. The van der Waals surface area contributed by atoms with Crippen LogP contribution in [0.5, 0.6) is 0 Å². The highest BCUT2D eigenvalue weighted by molar-refractivity contribution is 5.86. The first-order chi connectivity index (χ1) is 8.08. The number of aliphatic carboxylic acids is 1. The molecule has 1 aliphatic heterocycles. The number of hydrogen-bond acceptors (Lipinski definition) is 3. The van der Waals surface area contributed by atoms with E-state index in [9.17, 15) is 4.79 Å². The first-order valence-corrected chi connectivity index (χ1v) is 6.43. The number of piperazine rings is 1. The van der Waals surface area contributed by atoms with Gasteiger partial charge in [0.25, 0.3) is 0 Å². The molecule has 17 heavy (non-hydrogen) atoms. The topological polar surface area (TPSA) is 43.8 Å². The van der Waals surface area contributed by atoms with E-state index in [0.29, 0.717) is 18.0 Å². The molecule has 1 fully saturated rings. The number of hydrogen-bond donors (Lipinski definition) is 1. The molecule has 4 nitrogen and oxygen atoms in total. The molecule has 1 N–H and O–H groups in total. The van der Waals surface area contributed by atoms with Crippen molar-refractivity contribution in [2.75, 3.05) is 33.2 Å². The van der Waals surface area contributed by atoms with Gasteiger partial charge in [-0.15, -0.1) is 0 Å². The Labute approximate surface area is 104 Å². The van der Waals surface area contributed by atoms with Gasteiger partial charge >= 0.3 is 5.97 Å². The fourth-order valence-corrected chi connectivity index (χ4v) is 2.24. The summed E-state index contributed by atoms with van der Waals surface area (Å²) in [6.45, 7) is 7.99. The summed E-state index contributed by atoms with van der Waals surface area (Å²) in [7, 11) is 2.16. The van der Waals surface area contributed by atoms with Crippen LogP contribution in [-0.2, 0) is 4.79 Å². The fraction of sp³-hybridized carbons (Fsp3) is 0.769. The molecule has 0 bridgehead atoms. The molecule has 0 amide bonds. The second kappa shape index (κ2) is 6.77. The van der Waals surface area contributed by atoms with Crippen LogP contribution in [0.2, 0.25) is 0 Å². The Morgan fingerprint density at radius 2 is 2.12 bits per heavy atom. The SMILES string of the molecule is CCC(=CCN1CCN(C)C(CC)C1)C(=O)O. The van der Waals surface area contributed by atoms with E-state index in [1.54, 1.807) is 0 Å². The molecular weight excluding hydrogens is 216 g/mol. The average Bonchev–Trinajstić information content (AvgIpc) is 2.31. The number of nitrogens with zero attached hydrogens (tertiary/aromatic N) is 2. The van der Waals surface area contributed by atoms with Crippen LogP contribution >= 0.6 is 0 Å². The number of carboxylic acids is 1. The van der Waals surface area contributed by atoms with Crippen LogP contribution in [0.15, 0.2) is 11.6 Å². The molecule has 0 aliphatic carbocycles. The Bertz CT molecular complexity index is 289. The predicted molar refractivity (Wildman–Crippen MR) is 69.2 cm³/mol. The van der Waals surface area contributed by atoms with E-state index in [0.717, 1.165) is 32.6 Å². The van der Waals surface area contributed by atoms with Gasteiger partial charge in [0.1, 0.15) is 0 Å². The van der Waals surface area contributed by atoms with E-state index < -0.39 is 5.97 Å². The molecule has 0 saturated carbocycles. The van der Waals surface area contributed by atoms with Gasteiger partial charge in [0.05, 0.1) is 0 Å². The van der Waals surface area contributed by atoms with Crippen LogP contribution in [0.3, 0.4) is 0 Å². The number of carbonyl (C=O) groups is 1. The van der Waals surface area contributed by atoms with E-state index in [1.807, 2.05) is 13.0 Å². The van der Waals surface area contributed by atoms with Crippen molar-refractivity contribution in [3.05, 3.63) is 11.6 Å². The predicted octanol–water partition coefficient (Wildman–Crippen LogP) is 1.43. The molecule has 98 valence electrons. The number of carboxylic acid groups (broad SMARTS) is 1. The van der Waals surface area contributed by atoms with Crippen molar-refractivity contribution in [1.29, 1.82) is 0 Å². The number of rotatable bonds is 5. The lowest BCUT2D eigenvalue weighted by Crippen LogP contribution is -2.51. The molecular formula is C13H24N2O2. The molecule has 1 heterocycles. The normalized spacial score (nSPS) is 23.9. The maximum Gasteiger partial charge on any atom is 0.331 e. The summed E-state index contributed by atoms with van der Waals surface area (Å²) in [5.41, 5.74) is 0.525. The third-order valence-electron chi connectivity index (χ3n) is 3.58. The lowest BCUT2D eigenvalue weighted by atomic mass is 10.1. The Morgan fingerprint density at radius 1 is 1.41 bits per heavy atom. The monoisotopic (exact) mass is 240 g/mol. The Morgan fingerprint density at radius 3 is 2.65 bits per heavy atom. The first kappa shape index (κ1) is 14.2. The van der Waals surface area contributed by atoms with E-state index in [-0.39, 0.29) is 0 Å². The van der Waals surface area contributed by atoms with Gasteiger partial charge in [-0.1, -0.05) is 19.9 Å². The second-order valence-electron chi connectivity index (χ2n) is 4.69. The van der Waals surface area contributed by atoms with Crippen LogP contribution in [0.25, 0.3) is 0 Å². The van der Waals surface area contributed by atoms with Crippen LogP contribution in [0, 0.1) is 0 Å². The summed E-state index contributed by atoms with van der Waals surface area (Å²) in [6, 6.07) is 0.604. The van der Waals surface area contributed by atoms with Crippen molar-refractivity contribution in [1.82, 2.24) is 9.80 Å². The molecule has 0 aromatic rings. The third-order valence-corrected chi connectivity index (χ3v) is 3.58. The summed E-state index contributed by atoms with van der Waals surface area (Å²) in [5, 5.41) is 8.95. The van der Waals surface area contributed by atoms with E-state index in [2.05, 4.69) is 23.8 Å². The van der Waals surface area contributed by atoms with Gasteiger partial charge in [-0.3, -0.25) is 4.90 Å². The van der Waals surface area contributed by atoms with Gasteiger partial charge < -0.3 is 10.0 Å². The van der Waals surface area contributed by atoms with Crippen LogP contribution in [0.1, 0.15) is 26.7 Å². The van der Waals surface area contributed by atoms with Crippen LogP contribution < -0.4 is 0 Å². The Kier molecular flexibility index (Phi) is 5.65. The molecule has 1 unspecified atom stereocenters. The van der Waals surface area contributed by atoms with Gasteiger partial charge in [-0.2, -0.15) is 0 Å². The van der Waals surface area contributed by atoms with Gasteiger partial charge in [0.2, 0.25) is 0 Å². The van der Waals surface area contributed by atoms with Crippen molar-refractivity contribution in [2.45, 2.75) is 32.7 Å². The molecule has 1 aliphatic rings. The largest absolute Gasteiger partial charge is 0.478 e. The molecule has 0 aromatic carbocycles. The quantitative estimate of drug-likeness (QED) is 0.738. The molecule has 0 radical (unpaired) electrons. The zero-order valence-electron chi connectivity index (χ0n) is 11.1. The molecule has 1 atom stereocenters. The van der Waals surface area contributed by atoms with Gasteiger partial charge in [-0.05, 0) is 19.9 Å². The summed E-state index contributed by atoms with van der Waals surface area (Å²) < 4.78 is 0. The van der Waals surface area contributed by atoms with Crippen molar-refractivity contribution in [3.63, 3.8) is 0 Å². The molecule has 0 aromatic heterocycles. The highest BCUT2D eigenvalue weighted by Gasteiger charge is 2.22. The van der Waals surface area contributed by atoms with Gasteiger partial charge in [0, 0.05) is 37.8 Å². The lowest BCUT2D eigenvalue weighted by molar-refractivity contribution is -0.132. The van der Waals surface area contributed by atoms with Crippen molar-refractivity contribution in [3.8, 4) is 0 Å². The first-order valence-electron chi connectivity index (χ1n) is 6.43. The van der Waals surface area contributed by atoms with E-state index in [1.165, 1.54) is 0 Å². The zero-order valence-corrected chi connectivity index (χ0v) is 11.1. The second-order valence-corrected chi connectivity index (χ2v) is 4.69. The summed E-state index contributed by atoms with van der Waals surface area (Å²) >= 11 is 0. The van der Waals surface area contributed by atoms with Crippen LogP contribution in [0.4, 0.5) is 0 Å². The molecule has 1 saturated heterocycles. The highest BCUT2D eigenvalue weighted by atomic mass is 16.4. The summed E-state index contributed by atoms with van der Waals surface area (Å²) in [6.07, 6.45) is 3.61. The van der Waals surface area contributed by atoms with Gasteiger partial charge in [0.15, 0.2) is 0 Å². The number of likely N-dealkylation sites (N-methyl/N-ethyl adjacent to an activating group) is 1. The highest BCUT2D eigenvalue weighted by Crippen LogP contribution is 2.11. The standard InChI is InChI=1S/C13H24N2O2/c1-4-11(13(16)17)6-7-15-9-8-14(3)12(5-2)10-15/h6,12H,4-5,7-10H2,1-3H3,(H,16,17). The third kappa shape index (κ3) is 4.13. The maximum atomic E-state index is 10.9. The fourth-order valence-electron chi connectivity index (χ4n) is 2.24. The maximum absolute atomic E-state index is 10.9. The molecule has 0 spiro atoms. The molecule has 4 heteroatoms. The average molecular weight is 240 g/mol. The van der Waals surface area contributed by atoms with Gasteiger partial charge in [-0.25, -0.2) is 4.79 Å². The lowest BCUT2D eigenvalue weighted by Gasteiger charge is -2.38. The van der Waals surface area contributed by atoms with Crippen molar-refractivity contribution >= 4 is 5.97 Å². The van der Waals surface area contributed by atoms with Crippen molar-refractivity contribution in [2.24, 2.45) is 0 Å². The van der Waals surface area contributed by atoms with E-state index in [4.69, 9.17) is 5.11 Å². The minimum absolute atomic E-state index is 0.525. The minimum atomic E-state index is -0.784. The Hall–Kier alpha value is -0.870. The Balaban J connectivity index is 2.50. The minimum Gasteiger partial charge on any atom is -0.478 e. The summed E-state index contributed by atoms with van der Waals surface area (Å²) in [5.74, 6) is -0.784. The van der Waals surface area contributed by atoms with E-state index >= 15 is 0 Å².